The van der Waals surface area contributed by atoms with E-state index < -0.39 is 0 Å². The number of rotatable bonds is 2. The predicted molar refractivity (Wildman–Crippen MR) is 62.3 cm³/mol. The zero-order valence-electron chi connectivity index (χ0n) is 8.84. The van der Waals surface area contributed by atoms with Gasteiger partial charge in [-0.15, -0.1) is 0 Å². The van der Waals surface area contributed by atoms with E-state index in [0.717, 1.165) is 24.8 Å². The Bertz CT molecular complexity index is 321. The molecular formula is C13H17NO. The van der Waals surface area contributed by atoms with Gasteiger partial charge in [0.15, 0.2) is 0 Å². The second-order valence-corrected chi connectivity index (χ2v) is 4.11. The van der Waals surface area contributed by atoms with Crippen LogP contribution in [0.25, 0.3) is 0 Å². The predicted octanol–water partition coefficient (Wildman–Crippen LogP) is 2.41. The fourth-order valence-corrected chi connectivity index (χ4v) is 1.99. The zero-order chi connectivity index (χ0) is 10.5. The molecule has 1 N–H and O–H groups in total. The first-order valence-electron chi connectivity index (χ1n) is 5.62. The minimum Gasteiger partial charge on any atom is -0.391 e. The van der Waals surface area contributed by atoms with Crippen molar-refractivity contribution in [3.8, 4) is 0 Å². The summed E-state index contributed by atoms with van der Waals surface area (Å²) in [6.07, 6.45) is 5.88. The maximum atomic E-state index is 9.73. The summed E-state index contributed by atoms with van der Waals surface area (Å²) in [4.78, 5) is 4.46. The highest BCUT2D eigenvalue weighted by Gasteiger charge is 2.21. The molecule has 1 aromatic carbocycles. The second kappa shape index (κ2) is 5.08. The topological polar surface area (TPSA) is 32.6 Å². The van der Waals surface area contributed by atoms with Gasteiger partial charge >= 0.3 is 0 Å². The van der Waals surface area contributed by atoms with Crippen molar-refractivity contribution in [2.24, 2.45) is 4.99 Å². The number of nitrogens with zero attached hydrogens (tertiary/aromatic N) is 1. The summed E-state index contributed by atoms with van der Waals surface area (Å²) in [5, 5.41) is 9.73. The molecule has 0 unspecified atom stereocenters. The molecule has 1 aromatic rings. The van der Waals surface area contributed by atoms with E-state index in [4.69, 9.17) is 0 Å². The van der Waals surface area contributed by atoms with E-state index in [-0.39, 0.29) is 12.1 Å². The summed E-state index contributed by atoms with van der Waals surface area (Å²) in [5.74, 6) is 0. The van der Waals surface area contributed by atoms with Gasteiger partial charge in [0.1, 0.15) is 0 Å². The van der Waals surface area contributed by atoms with Crippen LogP contribution in [0.4, 0.5) is 0 Å². The van der Waals surface area contributed by atoms with Crippen LogP contribution in [-0.2, 0) is 0 Å². The Morgan fingerprint density at radius 3 is 2.60 bits per heavy atom. The minimum absolute atomic E-state index is 0.110. The van der Waals surface area contributed by atoms with Crippen molar-refractivity contribution in [1.29, 1.82) is 0 Å². The van der Waals surface area contributed by atoms with E-state index in [2.05, 4.69) is 4.99 Å². The number of benzene rings is 1. The van der Waals surface area contributed by atoms with Crippen molar-refractivity contribution in [2.45, 2.75) is 37.8 Å². The maximum Gasteiger partial charge on any atom is 0.0763 e. The van der Waals surface area contributed by atoms with Gasteiger partial charge in [-0.3, -0.25) is 4.99 Å². The molecule has 15 heavy (non-hydrogen) atoms. The Kier molecular flexibility index (Phi) is 3.51. The zero-order valence-corrected chi connectivity index (χ0v) is 8.84. The molecule has 0 bridgehead atoms. The molecule has 0 radical (unpaired) electrons. The van der Waals surface area contributed by atoms with E-state index in [1.807, 2.05) is 36.5 Å². The van der Waals surface area contributed by atoms with Crippen molar-refractivity contribution in [1.82, 2.24) is 0 Å². The van der Waals surface area contributed by atoms with Crippen LogP contribution in [0.2, 0.25) is 0 Å². The molecular weight excluding hydrogens is 186 g/mol. The van der Waals surface area contributed by atoms with Gasteiger partial charge in [0.2, 0.25) is 0 Å². The van der Waals surface area contributed by atoms with Crippen LogP contribution in [0.5, 0.6) is 0 Å². The van der Waals surface area contributed by atoms with Gasteiger partial charge in [-0.05, 0) is 18.4 Å². The molecule has 0 saturated heterocycles. The Morgan fingerprint density at radius 2 is 1.87 bits per heavy atom. The standard InChI is InChI=1S/C13H17NO/c15-13-9-5-4-8-12(13)14-10-11-6-2-1-3-7-11/h1-3,6-7,10,12-13,15H,4-5,8-9H2/b14-10+/t12-,13-/m1/s1. The Balaban J connectivity index is 1.98. The van der Waals surface area contributed by atoms with Crippen molar-refractivity contribution >= 4 is 6.21 Å². The van der Waals surface area contributed by atoms with Crippen LogP contribution in [0.15, 0.2) is 35.3 Å². The fourth-order valence-electron chi connectivity index (χ4n) is 1.99. The third kappa shape index (κ3) is 2.90. The molecule has 1 aliphatic rings. The van der Waals surface area contributed by atoms with Crippen molar-refractivity contribution in [3.63, 3.8) is 0 Å². The monoisotopic (exact) mass is 203 g/mol. The lowest BCUT2D eigenvalue weighted by Gasteiger charge is -2.23. The highest BCUT2D eigenvalue weighted by atomic mass is 16.3. The van der Waals surface area contributed by atoms with E-state index in [9.17, 15) is 5.11 Å². The van der Waals surface area contributed by atoms with Crippen molar-refractivity contribution in [3.05, 3.63) is 35.9 Å². The van der Waals surface area contributed by atoms with Gasteiger partial charge in [0.25, 0.3) is 0 Å². The normalized spacial score (nSPS) is 27.0. The molecule has 0 heterocycles. The largest absolute Gasteiger partial charge is 0.391 e. The van der Waals surface area contributed by atoms with Crippen LogP contribution < -0.4 is 0 Å². The quantitative estimate of drug-likeness (QED) is 0.735. The fraction of sp³-hybridized carbons (Fsp3) is 0.462. The van der Waals surface area contributed by atoms with E-state index in [1.165, 1.54) is 6.42 Å². The summed E-state index contributed by atoms with van der Waals surface area (Å²) in [6, 6.07) is 10.2. The molecule has 0 aliphatic heterocycles. The molecule has 80 valence electrons. The lowest BCUT2D eigenvalue weighted by Crippen LogP contribution is -2.28. The Hall–Kier alpha value is -1.15. The molecule has 1 saturated carbocycles. The number of hydrogen-bond acceptors (Lipinski definition) is 2. The third-order valence-corrected chi connectivity index (χ3v) is 2.91. The average molecular weight is 203 g/mol. The van der Waals surface area contributed by atoms with Gasteiger partial charge < -0.3 is 5.11 Å². The smallest absolute Gasteiger partial charge is 0.0763 e. The Labute approximate surface area is 90.7 Å². The van der Waals surface area contributed by atoms with Gasteiger partial charge in [-0.2, -0.15) is 0 Å². The summed E-state index contributed by atoms with van der Waals surface area (Å²) in [7, 11) is 0. The molecule has 1 aliphatic carbocycles. The lowest BCUT2D eigenvalue weighted by atomic mass is 9.93. The molecule has 0 spiro atoms. The number of hydrogen-bond donors (Lipinski definition) is 1. The molecule has 2 heteroatoms. The first-order chi connectivity index (χ1) is 7.36. The van der Waals surface area contributed by atoms with Crippen LogP contribution in [-0.4, -0.2) is 23.5 Å². The summed E-state index contributed by atoms with van der Waals surface area (Å²) < 4.78 is 0. The van der Waals surface area contributed by atoms with Crippen LogP contribution in [0.1, 0.15) is 31.2 Å². The van der Waals surface area contributed by atoms with E-state index >= 15 is 0 Å². The first kappa shape index (κ1) is 10.4. The van der Waals surface area contributed by atoms with Crippen molar-refractivity contribution < 1.29 is 5.11 Å². The Morgan fingerprint density at radius 1 is 1.13 bits per heavy atom. The van der Waals surface area contributed by atoms with Gasteiger partial charge in [0, 0.05) is 6.21 Å². The summed E-state index contributed by atoms with van der Waals surface area (Å²) in [5.41, 5.74) is 1.11. The number of aliphatic imine (C=N–C) groups is 1. The first-order valence-corrected chi connectivity index (χ1v) is 5.62. The van der Waals surface area contributed by atoms with Crippen LogP contribution in [0.3, 0.4) is 0 Å². The van der Waals surface area contributed by atoms with Gasteiger partial charge in [-0.25, -0.2) is 0 Å². The van der Waals surface area contributed by atoms with Crippen molar-refractivity contribution in [2.75, 3.05) is 0 Å². The van der Waals surface area contributed by atoms with Gasteiger partial charge in [-0.1, -0.05) is 43.2 Å². The third-order valence-electron chi connectivity index (χ3n) is 2.91. The molecule has 2 nitrogen and oxygen atoms in total. The van der Waals surface area contributed by atoms with E-state index in [0.29, 0.717) is 0 Å². The molecule has 2 atom stereocenters. The summed E-state index contributed by atoms with van der Waals surface area (Å²) in [6.45, 7) is 0. The molecule has 0 amide bonds. The highest BCUT2D eigenvalue weighted by molar-refractivity contribution is 5.79. The molecule has 1 fully saturated rings. The SMILES string of the molecule is O[C@@H]1CCCC[C@H]1/N=C/c1ccccc1. The van der Waals surface area contributed by atoms with E-state index in [1.54, 1.807) is 0 Å². The number of aliphatic hydroxyl groups is 1. The molecule has 0 aromatic heterocycles. The highest BCUT2D eigenvalue weighted by Crippen LogP contribution is 2.20. The second-order valence-electron chi connectivity index (χ2n) is 4.11. The summed E-state index contributed by atoms with van der Waals surface area (Å²) >= 11 is 0. The maximum absolute atomic E-state index is 9.73. The minimum atomic E-state index is -0.237. The number of aliphatic hydroxyl groups excluding tert-OH is 1. The molecule has 2 rings (SSSR count). The average Bonchev–Trinajstić information content (AvgIpc) is 2.29. The van der Waals surface area contributed by atoms with Gasteiger partial charge in [0.05, 0.1) is 12.1 Å². The van der Waals surface area contributed by atoms with Crippen LogP contribution in [0, 0.1) is 0 Å². The lowest BCUT2D eigenvalue weighted by molar-refractivity contribution is 0.110. The van der Waals surface area contributed by atoms with Crippen LogP contribution >= 0.6 is 0 Å².